The number of nitrogens with one attached hydrogen (secondary N) is 1. The van der Waals surface area contributed by atoms with Crippen molar-refractivity contribution in [1.82, 2.24) is 29.3 Å². The van der Waals surface area contributed by atoms with Gasteiger partial charge in [0.05, 0.1) is 47.0 Å². The molecular weight excluding hydrogens is 470 g/mol. The van der Waals surface area contributed by atoms with E-state index in [9.17, 15) is 4.79 Å². The molecule has 4 rings (SSSR count). The standard InChI is InChI=1S/C23H26BrN7O/c1-5-30-16(3)20(10-26-30)13-29-14-21(11-25-29)27-23(32)19-8-6-18(7-9-19)12-31-17(4)22(24)15(2)28-31/h6-11,14H,5,12-13H2,1-4H3,(H,27,32). The Hall–Kier alpha value is -3.20. The second-order valence-electron chi connectivity index (χ2n) is 7.79. The summed E-state index contributed by atoms with van der Waals surface area (Å²) in [5.74, 6) is -0.167. The number of aryl methyl sites for hydroxylation is 2. The van der Waals surface area contributed by atoms with Crippen LogP contribution < -0.4 is 5.32 Å². The van der Waals surface area contributed by atoms with Gasteiger partial charge in [0.2, 0.25) is 0 Å². The van der Waals surface area contributed by atoms with E-state index in [2.05, 4.69) is 50.4 Å². The molecule has 0 saturated carbocycles. The number of amides is 1. The highest BCUT2D eigenvalue weighted by Gasteiger charge is 2.12. The molecule has 9 heteroatoms. The van der Waals surface area contributed by atoms with Gasteiger partial charge in [0, 0.05) is 29.6 Å². The van der Waals surface area contributed by atoms with Crippen molar-refractivity contribution in [1.29, 1.82) is 0 Å². The maximum Gasteiger partial charge on any atom is 0.255 e. The van der Waals surface area contributed by atoms with Gasteiger partial charge in [-0.15, -0.1) is 0 Å². The maximum absolute atomic E-state index is 12.7. The number of anilines is 1. The van der Waals surface area contributed by atoms with Gasteiger partial charge in [-0.25, -0.2) is 0 Å². The molecule has 1 N–H and O–H groups in total. The monoisotopic (exact) mass is 495 g/mol. The Balaban J connectivity index is 1.38. The molecule has 0 bridgehead atoms. The minimum atomic E-state index is -0.167. The van der Waals surface area contributed by atoms with Crippen molar-refractivity contribution < 1.29 is 4.79 Å². The quantitative estimate of drug-likeness (QED) is 0.413. The Morgan fingerprint density at radius 3 is 2.38 bits per heavy atom. The lowest BCUT2D eigenvalue weighted by Gasteiger charge is -2.07. The molecule has 32 heavy (non-hydrogen) atoms. The van der Waals surface area contributed by atoms with Gasteiger partial charge < -0.3 is 5.32 Å². The zero-order valence-electron chi connectivity index (χ0n) is 18.6. The number of carbonyl (C=O) groups is 1. The van der Waals surface area contributed by atoms with Crippen molar-refractivity contribution in [2.24, 2.45) is 0 Å². The number of nitrogens with zero attached hydrogens (tertiary/aromatic N) is 6. The van der Waals surface area contributed by atoms with Crippen LogP contribution in [0.5, 0.6) is 0 Å². The number of aromatic nitrogens is 6. The molecule has 0 aliphatic rings. The summed E-state index contributed by atoms with van der Waals surface area (Å²) in [7, 11) is 0. The van der Waals surface area contributed by atoms with Crippen LogP contribution in [0.3, 0.4) is 0 Å². The van der Waals surface area contributed by atoms with Crippen molar-refractivity contribution >= 4 is 27.5 Å². The number of hydrogen-bond donors (Lipinski definition) is 1. The molecule has 0 saturated heterocycles. The lowest BCUT2D eigenvalue weighted by atomic mass is 10.1. The van der Waals surface area contributed by atoms with Gasteiger partial charge >= 0.3 is 0 Å². The van der Waals surface area contributed by atoms with Gasteiger partial charge in [0.1, 0.15) is 0 Å². The molecule has 8 nitrogen and oxygen atoms in total. The highest BCUT2D eigenvalue weighted by Crippen LogP contribution is 2.21. The Labute approximate surface area is 195 Å². The number of halogens is 1. The van der Waals surface area contributed by atoms with Crippen molar-refractivity contribution in [3.8, 4) is 0 Å². The molecule has 0 aliphatic carbocycles. The van der Waals surface area contributed by atoms with E-state index in [0.29, 0.717) is 24.3 Å². The minimum Gasteiger partial charge on any atom is -0.319 e. The van der Waals surface area contributed by atoms with Crippen LogP contribution in [0.4, 0.5) is 5.69 Å². The summed E-state index contributed by atoms with van der Waals surface area (Å²) < 4.78 is 6.74. The number of rotatable bonds is 7. The van der Waals surface area contributed by atoms with Crippen LogP contribution in [0.15, 0.2) is 47.3 Å². The van der Waals surface area contributed by atoms with Gasteiger partial charge in [-0.3, -0.25) is 18.8 Å². The summed E-state index contributed by atoms with van der Waals surface area (Å²) in [6.45, 7) is 10.2. The molecule has 3 heterocycles. The van der Waals surface area contributed by atoms with E-state index in [1.165, 1.54) is 0 Å². The normalized spacial score (nSPS) is 11.2. The van der Waals surface area contributed by atoms with Crippen molar-refractivity contribution in [3.63, 3.8) is 0 Å². The Kier molecular flexibility index (Phi) is 6.27. The predicted octanol–water partition coefficient (Wildman–Crippen LogP) is 4.33. The average Bonchev–Trinajstić information content (AvgIpc) is 3.44. The van der Waals surface area contributed by atoms with E-state index in [4.69, 9.17) is 0 Å². The third-order valence-electron chi connectivity index (χ3n) is 5.57. The Morgan fingerprint density at radius 1 is 1.00 bits per heavy atom. The van der Waals surface area contributed by atoms with Crippen LogP contribution in [0.1, 0.15) is 45.5 Å². The molecular formula is C23H26BrN7O. The predicted molar refractivity (Wildman–Crippen MR) is 127 cm³/mol. The zero-order valence-corrected chi connectivity index (χ0v) is 20.2. The van der Waals surface area contributed by atoms with Gasteiger partial charge in [-0.2, -0.15) is 15.3 Å². The summed E-state index contributed by atoms with van der Waals surface area (Å²) in [6.07, 6.45) is 5.35. The molecule has 4 aromatic rings. The molecule has 0 spiro atoms. The summed E-state index contributed by atoms with van der Waals surface area (Å²) in [4.78, 5) is 12.7. The molecule has 1 amide bonds. The third-order valence-corrected chi connectivity index (χ3v) is 6.72. The van der Waals surface area contributed by atoms with Crippen LogP contribution in [0.25, 0.3) is 0 Å². The molecule has 0 unspecified atom stereocenters. The van der Waals surface area contributed by atoms with Crippen molar-refractivity contribution in [2.75, 3.05) is 5.32 Å². The first-order chi connectivity index (χ1) is 15.4. The van der Waals surface area contributed by atoms with E-state index in [-0.39, 0.29) is 5.91 Å². The average molecular weight is 496 g/mol. The molecule has 0 fully saturated rings. The molecule has 1 aromatic carbocycles. The SMILES string of the molecule is CCn1ncc(Cn2cc(NC(=O)c3ccc(Cn4nc(C)c(Br)c4C)cc3)cn2)c1C. The fraction of sp³-hybridized carbons (Fsp3) is 0.304. The van der Waals surface area contributed by atoms with E-state index in [1.54, 1.807) is 10.9 Å². The number of benzene rings is 1. The lowest BCUT2D eigenvalue weighted by molar-refractivity contribution is 0.102. The minimum absolute atomic E-state index is 0.167. The summed E-state index contributed by atoms with van der Waals surface area (Å²) >= 11 is 3.56. The largest absolute Gasteiger partial charge is 0.319 e. The molecule has 0 radical (unpaired) electrons. The van der Waals surface area contributed by atoms with Crippen molar-refractivity contribution in [3.05, 3.63) is 81.1 Å². The van der Waals surface area contributed by atoms with Crippen LogP contribution in [0.2, 0.25) is 0 Å². The maximum atomic E-state index is 12.7. The van der Waals surface area contributed by atoms with Gasteiger partial charge in [0.15, 0.2) is 0 Å². The molecule has 0 aliphatic heterocycles. The summed E-state index contributed by atoms with van der Waals surface area (Å²) in [5, 5.41) is 16.2. The van der Waals surface area contributed by atoms with Gasteiger partial charge in [0.25, 0.3) is 5.91 Å². The molecule has 0 atom stereocenters. The van der Waals surface area contributed by atoms with Crippen LogP contribution in [-0.4, -0.2) is 35.2 Å². The summed E-state index contributed by atoms with van der Waals surface area (Å²) in [5.41, 5.74) is 6.62. The first-order valence-corrected chi connectivity index (χ1v) is 11.3. The highest BCUT2D eigenvalue weighted by atomic mass is 79.9. The molecule has 166 valence electrons. The zero-order chi connectivity index (χ0) is 22.8. The van der Waals surface area contributed by atoms with E-state index >= 15 is 0 Å². The van der Waals surface area contributed by atoms with E-state index in [1.807, 2.05) is 59.9 Å². The highest BCUT2D eigenvalue weighted by molar-refractivity contribution is 9.10. The van der Waals surface area contributed by atoms with Crippen LogP contribution >= 0.6 is 15.9 Å². The number of carbonyl (C=O) groups excluding carboxylic acids is 1. The first kappa shape index (κ1) is 22.0. The van der Waals surface area contributed by atoms with Crippen LogP contribution in [-0.2, 0) is 19.6 Å². The summed E-state index contributed by atoms with van der Waals surface area (Å²) in [6, 6.07) is 7.57. The Morgan fingerprint density at radius 2 is 1.75 bits per heavy atom. The fourth-order valence-corrected chi connectivity index (χ4v) is 3.90. The van der Waals surface area contributed by atoms with Gasteiger partial charge in [-0.05, 0) is 61.3 Å². The topological polar surface area (TPSA) is 82.6 Å². The van der Waals surface area contributed by atoms with E-state index < -0.39 is 0 Å². The fourth-order valence-electron chi connectivity index (χ4n) is 3.62. The number of hydrogen-bond acceptors (Lipinski definition) is 4. The third kappa shape index (κ3) is 4.52. The van der Waals surface area contributed by atoms with Gasteiger partial charge in [-0.1, -0.05) is 12.1 Å². The smallest absolute Gasteiger partial charge is 0.255 e. The first-order valence-electron chi connectivity index (χ1n) is 10.5. The molecule has 3 aromatic heterocycles. The lowest BCUT2D eigenvalue weighted by Crippen LogP contribution is -2.12. The second-order valence-corrected chi connectivity index (χ2v) is 8.58. The van der Waals surface area contributed by atoms with E-state index in [0.717, 1.165) is 39.2 Å². The van der Waals surface area contributed by atoms with Crippen LogP contribution in [0, 0.1) is 20.8 Å². The van der Waals surface area contributed by atoms with Crippen molar-refractivity contribution in [2.45, 2.75) is 47.3 Å². The Bertz CT molecular complexity index is 1250. The second kappa shape index (κ2) is 9.12.